The maximum absolute atomic E-state index is 10.6. The lowest BCUT2D eigenvalue weighted by atomic mass is 9.64. The summed E-state index contributed by atoms with van der Waals surface area (Å²) in [6.45, 7) is 7.29. The average Bonchev–Trinajstić information content (AvgIpc) is 2.38. The van der Waals surface area contributed by atoms with Crippen LogP contribution < -0.4 is 5.73 Å². The van der Waals surface area contributed by atoms with E-state index in [2.05, 4.69) is 20.8 Å². The number of rotatable bonds is 6. The summed E-state index contributed by atoms with van der Waals surface area (Å²) < 4.78 is 0. The molecule has 0 radical (unpaired) electrons. The Morgan fingerprint density at radius 3 is 2.29 bits per heavy atom. The summed E-state index contributed by atoms with van der Waals surface area (Å²) in [5.74, 6) is 1.25. The normalized spacial score (nSPS) is 33.4. The summed E-state index contributed by atoms with van der Waals surface area (Å²) in [6, 6.07) is 0. The first-order chi connectivity index (χ1) is 8.09. The molecule has 1 aliphatic rings. The Kier molecular flexibility index (Phi) is 5.94. The largest absolute Gasteiger partial charge is 0.392 e. The average molecular weight is 241 g/mol. The number of aliphatic hydroxyl groups excluding tert-OH is 1. The Hall–Kier alpha value is -0.0800. The first kappa shape index (κ1) is 15.0. The van der Waals surface area contributed by atoms with E-state index in [1.165, 1.54) is 19.3 Å². The fraction of sp³-hybridized carbons (Fsp3) is 1.00. The van der Waals surface area contributed by atoms with Crippen LogP contribution in [0.15, 0.2) is 0 Å². The van der Waals surface area contributed by atoms with E-state index in [9.17, 15) is 5.11 Å². The zero-order chi connectivity index (χ0) is 12.9. The lowest BCUT2D eigenvalue weighted by Crippen LogP contribution is -2.47. The Labute approximate surface area is 107 Å². The van der Waals surface area contributed by atoms with Crippen LogP contribution in [0.5, 0.6) is 0 Å². The van der Waals surface area contributed by atoms with Gasteiger partial charge in [0.2, 0.25) is 0 Å². The second kappa shape index (κ2) is 6.75. The van der Waals surface area contributed by atoms with Gasteiger partial charge in [0, 0.05) is 12.0 Å². The highest BCUT2D eigenvalue weighted by Gasteiger charge is 2.41. The van der Waals surface area contributed by atoms with Gasteiger partial charge in [-0.2, -0.15) is 0 Å². The van der Waals surface area contributed by atoms with Gasteiger partial charge in [-0.1, -0.05) is 33.6 Å². The van der Waals surface area contributed by atoms with Crippen LogP contribution in [0.2, 0.25) is 0 Å². The summed E-state index contributed by atoms with van der Waals surface area (Å²) >= 11 is 0. The molecule has 0 aromatic rings. The highest BCUT2D eigenvalue weighted by molar-refractivity contribution is 4.93. The molecule has 1 aliphatic carbocycles. The van der Waals surface area contributed by atoms with Crippen LogP contribution in [0.4, 0.5) is 0 Å². The summed E-state index contributed by atoms with van der Waals surface area (Å²) in [7, 11) is 0. The standard InChI is InChI=1S/C15H31NO/c1-4-6-12(3)14(17)15(11-16)9-7-13(5-2)8-10-15/h12-14,17H,4-11,16H2,1-3H3. The maximum Gasteiger partial charge on any atom is 0.0633 e. The number of nitrogens with two attached hydrogens (primary N) is 1. The Morgan fingerprint density at radius 2 is 1.88 bits per heavy atom. The minimum Gasteiger partial charge on any atom is -0.392 e. The summed E-state index contributed by atoms with van der Waals surface area (Å²) in [5, 5.41) is 10.6. The van der Waals surface area contributed by atoms with Crippen molar-refractivity contribution in [2.24, 2.45) is 23.0 Å². The molecular weight excluding hydrogens is 210 g/mol. The molecule has 3 N–H and O–H groups in total. The highest BCUT2D eigenvalue weighted by Crippen LogP contribution is 2.44. The van der Waals surface area contributed by atoms with Crippen LogP contribution in [0.1, 0.15) is 65.7 Å². The Morgan fingerprint density at radius 1 is 1.29 bits per heavy atom. The van der Waals surface area contributed by atoms with Gasteiger partial charge in [-0.3, -0.25) is 0 Å². The molecule has 0 aromatic carbocycles. The van der Waals surface area contributed by atoms with E-state index < -0.39 is 0 Å². The predicted octanol–water partition coefficient (Wildman–Crippen LogP) is 3.33. The smallest absolute Gasteiger partial charge is 0.0633 e. The van der Waals surface area contributed by atoms with Gasteiger partial charge in [0.1, 0.15) is 0 Å². The molecule has 0 bridgehead atoms. The van der Waals surface area contributed by atoms with E-state index >= 15 is 0 Å². The molecule has 1 saturated carbocycles. The van der Waals surface area contributed by atoms with Crippen molar-refractivity contribution in [2.45, 2.75) is 71.8 Å². The van der Waals surface area contributed by atoms with Crippen LogP contribution >= 0.6 is 0 Å². The Bertz CT molecular complexity index is 209. The van der Waals surface area contributed by atoms with Crippen LogP contribution in [-0.2, 0) is 0 Å². The van der Waals surface area contributed by atoms with Crippen molar-refractivity contribution in [3.8, 4) is 0 Å². The van der Waals surface area contributed by atoms with Gasteiger partial charge in [0.05, 0.1) is 6.10 Å². The van der Waals surface area contributed by atoms with Gasteiger partial charge in [0.25, 0.3) is 0 Å². The molecule has 0 spiro atoms. The van der Waals surface area contributed by atoms with Crippen molar-refractivity contribution in [1.82, 2.24) is 0 Å². The molecule has 0 amide bonds. The quantitative estimate of drug-likeness (QED) is 0.749. The van der Waals surface area contributed by atoms with E-state index in [1.807, 2.05) is 0 Å². The predicted molar refractivity (Wildman–Crippen MR) is 73.8 cm³/mol. The molecule has 0 aliphatic heterocycles. The molecule has 1 rings (SSSR count). The third-order valence-corrected chi connectivity index (χ3v) is 5.00. The van der Waals surface area contributed by atoms with Crippen LogP contribution in [0, 0.1) is 17.3 Å². The highest BCUT2D eigenvalue weighted by atomic mass is 16.3. The van der Waals surface area contributed by atoms with Crippen molar-refractivity contribution < 1.29 is 5.11 Å². The van der Waals surface area contributed by atoms with E-state index in [1.54, 1.807) is 0 Å². The summed E-state index contributed by atoms with van der Waals surface area (Å²) in [5.41, 5.74) is 6.01. The molecule has 1 fully saturated rings. The van der Waals surface area contributed by atoms with E-state index in [0.717, 1.165) is 31.6 Å². The Balaban J connectivity index is 2.63. The van der Waals surface area contributed by atoms with E-state index in [0.29, 0.717) is 12.5 Å². The molecule has 2 unspecified atom stereocenters. The molecule has 0 aromatic heterocycles. The van der Waals surface area contributed by atoms with E-state index in [-0.39, 0.29) is 11.5 Å². The van der Waals surface area contributed by atoms with Gasteiger partial charge in [0.15, 0.2) is 0 Å². The van der Waals surface area contributed by atoms with Crippen LogP contribution in [-0.4, -0.2) is 17.8 Å². The molecule has 0 heterocycles. The molecule has 2 atom stereocenters. The maximum atomic E-state index is 10.6. The third kappa shape index (κ3) is 3.45. The fourth-order valence-electron chi connectivity index (χ4n) is 3.50. The number of aliphatic hydroxyl groups is 1. The molecular formula is C15H31NO. The topological polar surface area (TPSA) is 46.2 Å². The van der Waals surface area contributed by atoms with Crippen molar-refractivity contribution in [2.75, 3.05) is 6.54 Å². The van der Waals surface area contributed by atoms with Gasteiger partial charge >= 0.3 is 0 Å². The second-order valence-electron chi connectivity index (χ2n) is 6.13. The second-order valence-corrected chi connectivity index (χ2v) is 6.13. The first-order valence-electron chi connectivity index (χ1n) is 7.47. The van der Waals surface area contributed by atoms with Crippen molar-refractivity contribution >= 4 is 0 Å². The van der Waals surface area contributed by atoms with Crippen molar-refractivity contribution in [1.29, 1.82) is 0 Å². The summed E-state index contributed by atoms with van der Waals surface area (Å²) in [4.78, 5) is 0. The SMILES string of the molecule is CCCC(C)C(O)C1(CN)CCC(CC)CC1. The van der Waals surface area contributed by atoms with E-state index in [4.69, 9.17) is 5.73 Å². The van der Waals surface area contributed by atoms with Crippen LogP contribution in [0.25, 0.3) is 0 Å². The van der Waals surface area contributed by atoms with Gasteiger partial charge < -0.3 is 10.8 Å². The minimum atomic E-state index is -0.203. The van der Waals surface area contributed by atoms with Gasteiger partial charge in [-0.15, -0.1) is 0 Å². The van der Waals surface area contributed by atoms with Gasteiger partial charge in [-0.05, 0) is 43.9 Å². The minimum absolute atomic E-state index is 0.0141. The molecule has 2 heteroatoms. The lowest BCUT2D eigenvalue weighted by molar-refractivity contribution is -0.0424. The molecule has 0 saturated heterocycles. The van der Waals surface area contributed by atoms with Crippen LogP contribution in [0.3, 0.4) is 0 Å². The number of hydrogen-bond acceptors (Lipinski definition) is 2. The fourth-order valence-corrected chi connectivity index (χ4v) is 3.50. The zero-order valence-corrected chi connectivity index (χ0v) is 11.9. The summed E-state index contributed by atoms with van der Waals surface area (Å²) in [6.07, 6.45) is 8.09. The molecule has 17 heavy (non-hydrogen) atoms. The van der Waals surface area contributed by atoms with Gasteiger partial charge in [-0.25, -0.2) is 0 Å². The monoisotopic (exact) mass is 241 g/mol. The van der Waals surface area contributed by atoms with Crippen molar-refractivity contribution in [3.63, 3.8) is 0 Å². The lowest BCUT2D eigenvalue weighted by Gasteiger charge is -2.44. The third-order valence-electron chi connectivity index (χ3n) is 5.00. The zero-order valence-electron chi connectivity index (χ0n) is 11.9. The number of hydrogen-bond donors (Lipinski definition) is 2. The molecule has 102 valence electrons. The first-order valence-corrected chi connectivity index (χ1v) is 7.47. The molecule has 2 nitrogen and oxygen atoms in total. The van der Waals surface area contributed by atoms with Crippen molar-refractivity contribution in [3.05, 3.63) is 0 Å².